The van der Waals surface area contributed by atoms with E-state index >= 15 is 0 Å². The Kier molecular flexibility index (Phi) is 7.76. The number of anilines is 2. The van der Waals surface area contributed by atoms with Gasteiger partial charge < -0.3 is 15.4 Å². The largest absolute Gasteiger partial charge is 0.495 e. The maximum absolute atomic E-state index is 13.1. The second kappa shape index (κ2) is 10.8. The first kappa shape index (κ1) is 25.9. The first-order valence-electron chi connectivity index (χ1n) is 10.4. The van der Waals surface area contributed by atoms with Gasteiger partial charge in [-0.1, -0.05) is 52.5 Å². The first-order chi connectivity index (χ1) is 17.2. The highest BCUT2D eigenvalue weighted by molar-refractivity contribution is 6.53. The molecule has 0 atom stereocenters. The summed E-state index contributed by atoms with van der Waals surface area (Å²) in [6.45, 7) is 0.219. The fourth-order valence-corrected chi connectivity index (χ4v) is 4.31. The van der Waals surface area contributed by atoms with Crippen LogP contribution in [-0.2, 0) is 16.1 Å². The number of rotatable bonds is 7. The van der Waals surface area contributed by atoms with Gasteiger partial charge in [0.25, 0.3) is 17.7 Å². The monoisotopic (exact) mass is 563 g/mol. The van der Waals surface area contributed by atoms with Crippen molar-refractivity contribution in [2.75, 3.05) is 17.3 Å². The van der Waals surface area contributed by atoms with Crippen molar-refractivity contribution >= 4 is 75.5 Å². The molecule has 0 aliphatic carbocycles. The van der Waals surface area contributed by atoms with Gasteiger partial charge in [-0.25, -0.2) is 4.90 Å². The maximum Gasteiger partial charge on any atom is 0.283 e. The number of nitrogens with one attached hydrogen (secondary N) is 2. The lowest BCUT2D eigenvalue weighted by Crippen LogP contribution is -2.32. The molecule has 3 aromatic rings. The first-order valence-corrected chi connectivity index (χ1v) is 11.9. The fraction of sp³-hybridized carbons (Fsp3) is 0.0800. The fourth-order valence-electron chi connectivity index (χ4n) is 3.46. The van der Waals surface area contributed by atoms with E-state index in [9.17, 15) is 14.4 Å². The quantitative estimate of drug-likeness (QED) is 0.342. The van der Waals surface area contributed by atoms with Crippen molar-refractivity contribution in [1.82, 2.24) is 5.32 Å². The Bertz CT molecular complexity index is 1410. The Labute approximate surface area is 226 Å². The molecule has 184 valence electrons. The van der Waals surface area contributed by atoms with Crippen LogP contribution in [0.2, 0.25) is 15.1 Å². The van der Waals surface area contributed by atoms with Crippen molar-refractivity contribution in [3.63, 3.8) is 0 Å². The van der Waals surface area contributed by atoms with Gasteiger partial charge in [-0.3, -0.25) is 14.4 Å². The summed E-state index contributed by atoms with van der Waals surface area (Å²) in [5.41, 5.74) is 1.60. The van der Waals surface area contributed by atoms with Crippen LogP contribution in [0.5, 0.6) is 5.75 Å². The van der Waals surface area contributed by atoms with Crippen LogP contribution in [-0.4, -0.2) is 24.8 Å². The summed E-state index contributed by atoms with van der Waals surface area (Å²) in [5.74, 6) is -1.44. The van der Waals surface area contributed by atoms with Crippen LogP contribution < -0.4 is 20.3 Å². The SMILES string of the molecule is COc1ccc(Cl)cc1N1C(=O)C(Cl)=C(Nc2ccc(C(=O)NCc3ccc(Cl)cc3Cl)cc2)C1=O. The minimum atomic E-state index is -0.721. The van der Waals surface area contributed by atoms with E-state index in [1.54, 1.807) is 54.6 Å². The second-order valence-corrected chi connectivity index (χ2v) is 9.23. The Morgan fingerprint density at radius 1 is 0.889 bits per heavy atom. The number of methoxy groups -OCH3 is 1. The zero-order valence-corrected chi connectivity index (χ0v) is 21.6. The number of carbonyl (C=O) groups excluding carboxylic acids is 3. The molecule has 0 saturated heterocycles. The lowest BCUT2D eigenvalue weighted by Gasteiger charge is -2.18. The van der Waals surface area contributed by atoms with E-state index in [-0.39, 0.29) is 34.6 Å². The second-order valence-electron chi connectivity index (χ2n) is 7.57. The molecule has 0 radical (unpaired) electrons. The third kappa shape index (κ3) is 5.29. The molecule has 1 aliphatic rings. The molecule has 11 heteroatoms. The van der Waals surface area contributed by atoms with Crippen molar-refractivity contribution < 1.29 is 19.1 Å². The van der Waals surface area contributed by atoms with E-state index < -0.39 is 11.8 Å². The van der Waals surface area contributed by atoms with E-state index in [0.717, 1.165) is 10.5 Å². The van der Waals surface area contributed by atoms with Crippen LogP contribution >= 0.6 is 46.4 Å². The number of nitrogens with zero attached hydrogens (tertiary/aromatic N) is 1. The molecule has 0 unspecified atom stereocenters. The van der Waals surface area contributed by atoms with E-state index in [4.69, 9.17) is 51.1 Å². The van der Waals surface area contributed by atoms with Crippen LogP contribution in [0.4, 0.5) is 11.4 Å². The van der Waals surface area contributed by atoms with Crippen molar-refractivity contribution in [3.05, 3.63) is 97.6 Å². The predicted molar refractivity (Wildman–Crippen MR) is 141 cm³/mol. The number of hydrogen-bond acceptors (Lipinski definition) is 5. The highest BCUT2D eigenvalue weighted by atomic mass is 35.5. The number of hydrogen-bond donors (Lipinski definition) is 2. The molecule has 0 spiro atoms. The number of benzene rings is 3. The molecule has 1 heterocycles. The van der Waals surface area contributed by atoms with Gasteiger partial charge in [0.05, 0.1) is 12.8 Å². The number of amides is 3. The summed E-state index contributed by atoms with van der Waals surface area (Å²) in [5, 5.41) is 6.63. The maximum atomic E-state index is 13.1. The van der Waals surface area contributed by atoms with Gasteiger partial charge in [0, 0.05) is 32.9 Å². The molecular weight excluding hydrogens is 548 g/mol. The van der Waals surface area contributed by atoms with Gasteiger partial charge in [-0.2, -0.15) is 0 Å². The molecule has 1 aliphatic heterocycles. The average Bonchev–Trinajstić information content (AvgIpc) is 3.06. The normalized spacial score (nSPS) is 13.3. The van der Waals surface area contributed by atoms with E-state index in [1.165, 1.54) is 13.2 Å². The Hall–Kier alpha value is -3.23. The molecule has 2 N–H and O–H groups in total. The number of imide groups is 1. The Morgan fingerprint density at radius 3 is 2.22 bits per heavy atom. The molecule has 36 heavy (non-hydrogen) atoms. The lowest BCUT2D eigenvalue weighted by molar-refractivity contribution is -0.120. The van der Waals surface area contributed by atoms with Gasteiger partial charge in [-0.15, -0.1) is 0 Å². The molecule has 4 rings (SSSR count). The van der Waals surface area contributed by atoms with Crippen molar-refractivity contribution in [1.29, 1.82) is 0 Å². The smallest absolute Gasteiger partial charge is 0.283 e. The summed E-state index contributed by atoms with van der Waals surface area (Å²) in [7, 11) is 1.41. The Balaban J connectivity index is 1.46. The molecule has 3 aromatic carbocycles. The van der Waals surface area contributed by atoms with Gasteiger partial charge >= 0.3 is 0 Å². The van der Waals surface area contributed by atoms with Gasteiger partial charge in [0.1, 0.15) is 16.5 Å². The third-order valence-corrected chi connectivity index (χ3v) is 6.45. The number of halogens is 4. The Morgan fingerprint density at radius 2 is 1.56 bits per heavy atom. The van der Waals surface area contributed by atoms with Gasteiger partial charge in [0.15, 0.2) is 0 Å². The zero-order valence-electron chi connectivity index (χ0n) is 18.6. The number of ether oxygens (including phenoxy) is 1. The van der Waals surface area contributed by atoms with Gasteiger partial charge in [-0.05, 0) is 60.2 Å². The third-order valence-electron chi connectivity index (χ3n) is 5.28. The minimum Gasteiger partial charge on any atom is -0.495 e. The van der Waals surface area contributed by atoms with Crippen LogP contribution in [0.25, 0.3) is 0 Å². The summed E-state index contributed by atoms with van der Waals surface area (Å²) < 4.78 is 5.26. The number of carbonyl (C=O) groups is 3. The standard InChI is InChI=1S/C25H17Cl4N3O4/c1-36-20-9-6-16(27)11-19(20)32-24(34)21(29)22(25(32)35)31-17-7-3-13(4-8-17)23(33)30-12-14-2-5-15(26)10-18(14)28/h2-11,31H,12H2,1H3,(H,30,33). The summed E-state index contributed by atoms with van der Waals surface area (Å²) in [4.78, 5) is 39.3. The highest BCUT2D eigenvalue weighted by Crippen LogP contribution is 2.37. The van der Waals surface area contributed by atoms with E-state index in [0.29, 0.717) is 26.3 Å². The van der Waals surface area contributed by atoms with Crippen LogP contribution in [0.1, 0.15) is 15.9 Å². The predicted octanol–water partition coefficient (Wildman–Crippen LogP) is 6.02. The van der Waals surface area contributed by atoms with E-state index in [2.05, 4.69) is 10.6 Å². The molecule has 0 fully saturated rings. The highest BCUT2D eigenvalue weighted by Gasteiger charge is 2.40. The topological polar surface area (TPSA) is 87.7 Å². The zero-order chi connectivity index (χ0) is 26.0. The molecule has 0 aromatic heterocycles. The summed E-state index contributed by atoms with van der Waals surface area (Å²) >= 11 is 24.3. The minimum absolute atomic E-state index is 0.113. The molecule has 7 nitrogen and oxygen atoms in total. The van der Waals surface area contributed by atoms with E-state index in [1.807, 2.05) is 0 Å². The van der Waals surface area contributed by atoms with Crippen molar-refractivity contribution in [3.8, 4) is 5.75 Å². The molecular formula is C25H17Cl4N3O4. The van der Waals surface area contributed by atoms with Crippen LogP contribution in [0.15, 0.2) is 71.4 Å². The summed E-state index contributed by atoms with van der Waals surface area (Å²) in [6.07, 6.45) is 0. The van der Waals surface area contributed by atoms with Crippen molar-refractivity contribution in [2.24, 2.45) is 0 Å². The van der Waals surface area contributed by atoms with Crippen molar-refractivity contribution in [2.45, 2.75) is 6.54 Å². The lowest BCUT2D eigenvalue weighted by atomic mass is 10.1. The summed E-state index contributed by atoms with van der Waals surface area (Å²) in [6, 6.07) is 15.9. The molecule has 0 bridgehead atoms. The van der Waals surface area contributed by atoms with Gasteiger partial charge in [0.2, 0.25) is 0 Å². The van der Waals surface area contributed by atoms with Crippen LogP contribution in [0, 0.1) is 0 Å². The molecule has 0 saturated carbocycles. The average molecular weight is 565 g/mol. The van der Waals surface area contributed by atoms with Crippen LogP contribution in [0.3, 0.4) is 0 Å². The molecule has 3 amide bonds.